The van der Waals surface area contributed by atoms with Crippen LogP contribution in [0.3, 0.4) is 0 Å². The third-order valence-corrected chi connectivity index (χ3v) is 7.01. The van der Waals surface area contributed by atoms with E-state index in [-0.39, 0.29) is 23.1 Å². The topological polar surface area (TPSA) is 144 Å². The molecule has 11 nitrogen and oxygen atoms in total. The molecule has 214 valence electrons. The number of halogens is 2. The Morgan fingerprint density at radius 1 is 1.07 bits per heavy atom. The van der Waals surface area contributed by atoms with Crippen LogP contribution in [-0.2, 0) is 0 Å². The second kappa shape index (κ2) is 12.8. The summed E-state index contributed by atoms with van der Waals surface area (Å²) in [6.07, 6.45) is 10.3. The van der Waals surface area contributed by atoms with Gasteiger partial charge in [-0.25, -0.2) is 29.3 Å². The number of nitrogen functional groups attached to an aromatic ring is 1. The van der Waals surface area contributed by atoms with Crippen LogP contribution in [0, 0.1) is 5.82 Å². The summed E-state index contributed by atoms with van der Waals surface area (Å²) >= 11 is 5.34. The Bertz CT molecular complexity index is 1730. The maximum absolute atomic E-state index is 13.4. The van der Waals surface area contributed by atoms with Gasteiger partial charge < -0.3 is 11.1 Å². The van der Waals surface area contributed by atoms with E-state index in [4.69, 9.17) is 22.3 Å². The number of likely N-dealkylation sites (tertiary alicyclic amines) is 1. The van der Waals surface area contributed by atoms with Gasteiger partial charge in [-0.15, -0.1) is 0 Å². The zero-order valence-electron chi connectivity index (χ0n) is 22.6. The molecule has 6 rings (SSSR count). The molecule has 42 heavy (non-hydrogen) atoms. The Kier molecular flexibility index (Phi) is 8.74. The van der Waals surface area contributed by atoms with Gasteiger partial charge in [0.05, 0.1) is 6.04 Å². The summed E-state index contributed by atoms with van der Waals surface area (Å²) in [5.74, 6) is 0.663. The third kappa shape index (κ3) is 6.40. The fourth-order valence-electron chi connectivity index (χ4n) is 4.78. The minimum absolute atomic E-state index is 0.0969. The number of anilines is 2. The monoisotopic (exact) mass is 587 g/mol. The van der Waals surface area contributed by atoms with Crippen molar-refractivity contribution in [3.63, 3.8) is 0 Å². The number of imidazole rings is 1. The molecule has 13 heteroatoms. The molecule has 1 aliphatic heterocycles. The van der Waals surface area contributed by atoms with Gasteiger partial charge in [0, 0.05) is 42.0 Å². The number of carbonyl (C=O) groups excluding carboxylic acids is 2. The molecule has 0 saturated carbocycles. The van der Waals surface area contributed by atoms with Crippen LogP contribution in [0.25, 0.3) is 16.8 Å². The van der Waals surface area contributed by atoms with Crippen molar-refractivity contribution >= 4 is 40.9 Å². The van der Waals surface area contributed by atoms with E-state index in [1.165, 1.54) is 37.0 Å². The number of hydrogen-bond donors (Lipinski definition) is 2. The van der Waals surface area contributed by atoms with Crippen molar-refractivity contribution in [1.29, 1.82) is 0 Å². The molecule has 1 amide bonds. The Hall–Kier alpha value is -4.81. The molecule has 5 aromatic rings. The van der Waals surface area contributed by atoms with Crippen LogP contribution in [0.4, 0.5) is 16.0 Å². The van der Waals surface area contributed by atoms with Crippen LogP contribution >= 0.6 is 11.6 Å². The van der Waals surface area contributed by atoms with Crippen molar-refractivity contribution in [2.75, 3.05) is 24.6 Å². The number of benzene rings is 1. The van der Waals surface area contributed by atoms with Gasteiger partial charge >= 0.3 is 0 Å². The Morgan fingerprint density at radius 2 is 1.86 bits per heavy atom. The quantitative estimate of drug-likeness (QED) is 0.217. The lowest BCUT2D eigenvalue weighted by atomic mass is 10.0. The average molecular weight is 588 g/mol. The van der Waals surface area contributed by atoms with E-state index < -0.39 is 5.82 Å². The van der Waals surface area contributed by atoms with E-state index in [2.05, 4.69) is 37.2 Å². The number of nitrogens with zero attached hydrogens (tertiary/aromatic N) is 7. The molecule has 5 heterocycles. The predicted octanol–water partition coefficient (Wildman–Crippen LogP) is 4.86. The fourth-order valence-corrected chi connectivity index (χ4v) is 4.93. The number of amides is 1. The highest BCUT2D eigenvalue weighted by Crippen LogP contribution is 2.35. The van der Waals surface area contributed by atoms with Gasteiger partial charge in [0.25, 0.3) is 5.91 Å². The molecule has 3 N–H and O–H groups in total. The summed E-state index contributed by atoms with van der Waals surface area (Å²) in [5.41, 5.74) is 9.30. The van der Waals surface area contributed by atoms with Gasteiger partial charge in [-0.1, -0.05) is 18.6 Å². The van der Waals surface area contributed by atoms with Gasteiger partial charge in [-0.05, 0) is 62.3 Å². The van der Waals surface area contributed by atoms with Gasteiger partial charge in [-0.3, -0.25) is 18.9 Å². The van der Waals surface area contributed by atoms with E-state index >= 15 is 0 Å². The fraction of sp³-hybridized carbons (Fsp3) is 0.207. The second-order valence-corrected chi connectivity index (χ2v) is 9.94. The summed E-state index contributed by atoms with van der Waals surface area (Å²) in [7, 11) is 2.12. The first-order valence-corrected chi connectivity index (χ1v) is 13.5. The van der Waals surface area contributed by atoms with Crippen LogP contribution in [0.1, 0.15) is 52.0 Å². The molecule has 1 unspecified atom stereocenters. The molecule has 1 saturated heterocycles. The number of rotatable bonds is 5. The summed E-state index contributed by atoms with van der Waals surface area (Å²) in [4.78, 5) is 45.3. The molecule has 1 aliphatic rings. The molecular weight excluding hydrogens is 561 g/mol. The largest absolute Gasteiger partial charge is 0.382 e. The first-order chi connectivity index (χ1) is 20.3. The molecule has 1 fully saturated rings. The van der Waals surface area contributed by atoms with Gasteiger partial charge in [-0.2, -0.15) is 0 Å². The number of nitrogens with one attached hydrogen (secondary N) is 1. The van der Waals surface area contributed by atoms with E-state index in [1.54, 1.807) is 18.3 Å². The zero-order chi connectivity index (χ0) is 29.6. The first-order valence-electron chi connectivity index (χ1n) is 13.1. The lowest BCUT2D eigenvalue weighted by Crippen LogP contribution is -2.30. The second-order valence-electron chi connectivity index (χ2n) is 9.60. The van der Waals surface area contributed by atoms with Gasteiger partial charge in [0.1, 0.15) is 40.2 Å². The molecule has 4 aromatic heterocycles. The molecule has 1 aromatic carbocycles. The molecular formula is C29H27ClFN9O2. The van der Waals surface area contributed by atoms with Crippen molar-refractivity contribution in [2.24, 2.45) is 0 Å². The Morgan fingerprint density at radius 3 is 2.55 bits per heavy atom. The Balaban J connectivity index is 0.000000336. The number of pyridine rings is 1. The van der Waals surface area contributed by atoms with Crippen LogP contribution < -0.4 is 11.1 Å². The van der Waals surface area contributed by atoms with Crippen molar-refractivity contribution in [3.05, 3.63) is 95.4 Å². The smallest absolute Gasteiger partial charge is 0.256 e. The molecule has 0 spiro atoms. The van der Waals surface area contributed by atoms with Crippen molar-refractivity contribution in [3.8, 4) is 11.3 Å². The van der Waals surface area contributed by atoms with E-state index in [0.29, 0.717) is 23.4 Å². The lowest BCUT2D eigenvalue weighted by Gasteiger charge is -2.31. The van der Waals surface area contributed by atoms with E-state index in [9.17, 15) is 14.0 Å². The SMILES string of the molecule is CN1CCCCC1c1nc(-c2ccc(C(=O)Nc3cc(F)ccn3)cc2)c2c(N)nccn12.O=Cc1ccnc(Cl)n1. The summed E-state index contributed by atoms with van der Waals surface area (Å²) in [6, 6.07) is 11.1. The van der Waals surface area contributed by atoms with Crippen LogP contribution in [0.15, 0.2) is 67.3 Å². The normalized spacial score (nSPS) is 15.1. The van der Waals surface area contributed by atoms with Crippen molar-refractivity contribution in [1.82, 2.24) is 34.2 Å². The minimum Gasteiger partial charge on any atom is -0.382 e. The van der Waals surface area contributed by atoms with Gasteiger partial charge in [0.15, 0.2) is 6.29 Å². The summed E-state index contributed by atoms with van der Waals surface area (Å²) in [6.45, 7) is 1.03. The van der Waals surface area contributed by atoms with Crippen molar-refractivity contribution < 1.29 is 14.0 Å². The number of aldehydes is 1. The number of nitrogens with two attached hydrogens (primary N) is 1. The van der Waals surface area contributed by atoms with Crippen molar-refractivity contribution in [2.45, 2.75) is 25.3 Å². The van der Waals surface area contributed by atoms with Crippen LogP contribution in [0.5, 0.6) is 0 Å². The third-order valence-electron chi connectivity index (χ3n) is 6.83. The van der Waals surface area contributed by atoms with Gasteiger partial charge in [0.2, 0.25) is 5.28 Å². The zero-order valence-corrected chi connectivity index (χ0v) is 23.4. The maximum Gasteiger partial charge on any atom is 0.256 e. The number of hydrogen-bond acceptors (Lipinski definition) is 9. The number of fused-ring (bicyclic) bond motifs is 1. The lowest BCUT2D eigenvalue weighted by molar-refractivity contribution is 0.102. The molecule has 1 atom stereocenters. The first kappa shape index (κ1) is 28.7. The van der Waals surface area contributed by atoms with Crippen LogP contribution in [0.2, 0.25) is 5.28 Å². The number of carbonyl (C=O) groups is 2. The van der Waals surface area contributed by atoms with E-state index in [1.807, 2.05) is 22.7 Å². The average Bonchev–Trinajstić information content (AvgIpc) is 3.38. The predicted molar refractivity (Wildman–Crippen MR) is 157 cm³/mol. The number of aromatic nitrogens is 6. The minimum atomic E-state index is -0.465. The highest BCUT2D eigenvalue weighted by Gasteiger charge is 2.27. The standard InChI is InChI=1S/C24H24FN7O.C5H3ClN2O/c1-31-12-3-2-4-18(31)23-30-20(21-22(26)28-11-13-32(21)23)15-5-7-16(8-6-15)24(33)29-19-14-17(25)9-10-27-19;6-5-7-2-1-4(3-9)8-5/h5-11,13-14,18H,2-4,12H2,1H3,(H2,26,28)(H,27,29,33);1-3H. The molecule has 0 bridgehead atoms. The molecule has 0 radical (unpaired) electrons. The number of piperidine rings is 1. The molecule has 0 aliphatic carbocycles. The highest BCUT2D eigenvalue weighted by molar-refractivity contribution is 6.28. The summed E-state index contributed by atoms with van der Waals surface area (Å²) in [5, 5.41) is 2.70. The highest BCUT2D eigenvalue weighted by atomic mass is 35.5. The summed E-state index contributed by atoms with van der Waals surface area (Å²) < 4.78 is 15.4. The maximum atomic E-state index is 13.4. The Labute approximate surface area is 245 Å². The van der Waals surface area contributed by atoms with E-state index in [0.717, 1.165) is 42.0 Å². The van der Waals surface area contributed by atoms with Crippen LogP contribution in [-0.4, -0.2) is 60.0 Å².